The molecule has 1 fully saturated rings. The lowest BCUT2D eigenvalue weighted by atomic mass is 9.80. The van der Waals surface area contributed by atoms with Crippen LogP contribution in [-0.2, 0) is 21.5 Å². The average Bonchev–Trinajstić information content (AvgIpc) is 3.23. The number of thiophene rings is 1. The van der Waals surface area contributed by atoms with Crippen molar-refractivity contribution in [2.45, 2.75) is 44.7 Å². The Morgan fingerprint density at radius 1 is 1.25 bits per heavy atom. The van der Waals surface area contributed by atoms with Crippen LogP contribution in [0.1, 0.15) is 37.1 Å². The highest BCUT2D eigenvalue weighted by Crippen LogP contribution is 2.42. The van der Waals surface area contributed by atoms with Crippen molar-refractivity contribution in [1.82, 2.24) is 10.2 Å². The Kier molecular flexibility index (Phi) is 4.71. The number of aryl methyl sites for hydroxylation is 1. The Hall–Kier alpha value is -2.67. The molecule has 2 aliphatic rings. The van der Waals surface area contributed by atoms with E-state index < -0.39 is 11.6 Å². The zero-order valence-electron chi connectivity index (χ0n) is 16.0. The van der Waals surface area contributed by atoms with Gasteiger partial charge in [-0.3, -0.25) is 14.5 Å². The van der Waals surface area contributed by atoms with E-state index in [-0.39, 0.29) is 24.4 Å². The van der Waals surface area contributed by atoms with E-state index in [9.17, 15) is 14.4 Å². The fourth-order valence-electron chi connectivity index (χ4n) is 4.22. The zero-order valence-corrected chi connectivity index (χ0v) is 16.8. The van der Waals surface area contributed by atoms with E-state index in [2.05, 4.69) is 5.32 Å². The summed E-state index contributed by atoms with van der Waals surface area (Å²) in [6.45, 7) is 3.56. The Labute approximate surface area is 168 Å². The molecule has 1 aliphatic heterocycles. The molecule has 1 saturated heterocycles. The monoisotopic (exact) mass is 397 g/mol. The van der Waals surface area contributed by atoms with Crippen LogP contribution in [0.5, 0.6) is 0 Å². The molecule has 1 N–H and O–H groups in total. The third-order valence-corrected chi connectivity index (χ3v) is 6.43. The predicted molar refractivity (Wildman–Crippen MR) is 108 cm³/mol. The Morgan fingerprint density at radius 2 is 2.00 bits per heavy atom. The number of fused-ring (bicyclic) bond motifs is 2. The fourth-order valence-corrected chi connectivity index (χ4v) is 5.21. The van der Waals surface area contributed by atoms with Crippen LogP contribution in [0, 0.1) is 0 Å². The molecule has 1 aliphatic carbocycles. The van der Waals surface area contributed by atoms with Gasteiger partial charge >= 0.3 is 6.03 Å². The molecule has 28 heavy (non-hydrogen) atoms. The van der Waals surface area contributed by atoms with Crippen molar-refractivity contribution in [1.29, 1.82) is 0 Å². The summed E-state index contributed by atoms with van der Waals surface area (Å²) >= 11 is 1.61. The molecule has 1 aromatic heterocycles. The molecule has 0 saturated carbocycles. The Morgan fingerprint density at radius 3 is 2.71 bits per heavy atom. The summed E-state index contributed by atoms with van der Waals surface area (Å²) in [5, 5.41) is 4.86. The van der Waals surface area contributed by atoms with Crippen molar-refractivity contribution < 1.29 is 14.4 Å². The van der Waals surface area contributed by atoms with Gasteiger partial charge < -0.3 is 10.2 Å². The number of para-hydroxylation sites is 1. The van der Waals surface area contributed by atoms with Gasteiger partial charge in [-0.2, -0.15) is 0 Å². The number of nitrogens with one attached hydrogen (secondary N) is 1. The fraction of sp³-hybridized carbons (Fsp3) is 0.381. The van der Waals surface area contributed by atoms with Crippen molar-refractivity contribution in [2.24, 2.45) is 0 Å². The third-order valence-electron chi connectivity index (χ3n) is 5.45. The summed E-state index contributed by atoms with van der Waals surface area (Å²) in [4.78, 5) is 42.9. The first-order valence-electron chi connectivity index (χ1n) is 9.52. The van der Waals surface area contributed by atoms with Crippen LogP contribution < -0.4 is 10.2 Å². The third kappa shape index (κ3) is 2.90. The second-order valence-corrected chi connectivity index (χ2v) is 8.53. The van der Waals surface area contributed by atoms with E-state index in [1.54, 1.807) is 16.2 Å². The smallest absolute Gasteiger partial charge is 0.319 e. The number of imide groups is 1. The van der Waals surface area contributed by atoms with Gasteiger partial charge in [0, 0.05) is 22.2 Å². The predicted octanol–water partition coefficient (Wildman–Crippen LogP) is 3.27. The standard InChI is InChI=1S/C21H23N3O3S/c1-14(2)24(15-7-4-3-5-8-15)18(25)13-23-19(26)21(22-20(23)27)11-6-9-17-16(21)10-12-28-17/h3-5,7-8,10,12,14H,6,9,11,13H2,1-2H3,(H,22,27)/t21-/m1/s1. The number of hydrogen-bond acceptors (Lipinski definition) is 4. The first kappa shape index (κ1) is 18.7. The van der Waals surface area contributed by atoms with Gasteiger partial charge in [-0.1, -0.05) is 18.2 Å². The molecular weight excluding hydrogens is 374 g/mol. The number of benzene rings is 1. The Bertz CT molecular complexity index is 924. The maximum Gasteiger partial charge on any atom is 0.325 e. The maximum absolute atomic E-state index is 13.3. The molecule has 1 spiro atoms. The second-order valence-electron chi connectivity index (χ2n) is 7.53. The number of urea groups is 1. The van der Waals surface area contributed by atoms with Crippen molar-refractivity contribution in [3.63, 3.8) is 0 Å². The van der Waals surface area contributed by atoms with E-state index >= 15 is 0 Å². The van der Waals surface area contributed by atoms with Gasteiger partial charge in [-0.25, -0.2) is 4.79 Å². The lowest BCUT2D eigenvalue weighted by Crippen LogP contribution is -2.48. The minimum atomic E-state index is -1.01. The highest BCUT2D eigenvalue weighted by Gasteiger charge is 2.54. The first-order chi connectivity index (χ1) is 13.4. The number of rotatable bonds is 4. The lowest BCUT2D eigenvalue weighted by molar-refractivity contribution is -0.135. The molecule has 146 valence electrons. The lowest BCUT2D eigenvalue weighted by Gasteiger charge is -2.31. The van der Waals surface area contributed by atoms with Gasteiger partial charge in [0.25, 0.3) is 5.91 Å². The highest BCUT2D eigenvalue weighted by atomic mass is 32.1. The minimum absolute atomic E-state index is 0.0946. The summed E-state index contributed by atoms with van der Waals surface area (Å²) < 4.78 is 0. The van der Waals surface area contributed by atoms with Gasteiger partial charge in [0.1, 0.15) is 12.1 Å². The minimum Gasteiger partial charge on any atom is -0.319 e. The average molecular weight is 398 g/mol. The Balaban J connectivity index is 1.60. The van der Waals surface area contributed by atoms with Crippen LogP contribution in [0.4, 0.5) is 10.5 Å². The van der Waals surface area contributed by atoms with Crippen LogP contribution in [0.25, 0.3) is 0 Å². The summed E-state index contributed by atoms with van der Waals surface area (Å²) in [5.41, 5.74) is 0.628. The van der Waals surface area contributed by atoms with E-state index in [1.165, 1.54) is 0 Å². The van der Waals surface area contributed by atoms with Gasteiger partial charge in [0.15, 0.2) is 0 Å². The molecule has 2 heterocycles. The number of hydrogen-bond donors (Lipinski definition) is 1. The highest BCUT2D eigenvalue weighted by molar-refractivity contribution is 7.10. The molecule has 1 aromatic carbocycles. The van der Waals surface area contributed by atoms with Crippen molar-refractivity contribution in [3.05, 3.63) is 52.2 Å². The molecule has 0 bridgehead atoms. The van der Waals surface area contributed by atoms with Crippen LogP contribution in [-0.4, -0.2) is 35.3 Å². The number of anilines is 1. The van der Waals surface area contributed by atoms with Gasteiger partial charge in [-0.05, 0) is 56.7 Å². The number of carbonyl (C=O) groups excluding carboxylic acids is 3. The van der Waals surface area contributed by atoms with Crippen molar-refractivity contribution in [2.75, 3.05) is 11.4 Å². The van der Waals surface area contributed by atoms with Gasteiger partial charge in [-0.15, -0.1) is 11.3 Å². The molecule has 4 rings (SSSR count). The summed E-state index contributed by atoms with van der Waals surface area (Å²) in [6, 6.07) is 10.6. The number of nitrogens with zero attached hydrogens (tertiary/aromatic N) is 2. The molecule has 6 nitrogen and oxygen atoms in total. The summed E-state index contributed by atoms with van der Waals surface area (Å²) in [6.07, 6.45) is 2.33. The molecule has 4 amide bonds. The zero-order chi connectivity index (χ0) is 19.9. The first-order valence-corrected chi connectivity index (χ1v) is 10.4. The van der Waals surface area contributed by atoms with Crippen molar-refractivity contribution >= 4 is 34.9 Å². The van der Waals surface area contributed by atoms with E-state index in [0.717, 1.165) is 33.9 Å². The van der Waals surface area contributed by atoms with Crippen LogP contribution in [0.15, 0.2) is 41.8 Å². The molecule has 0 unspecified atom stereocenters. The molecule has 0 radical (unpaired) electrons. The van der Waals surface area contributed by atoms with Crippen LogP contribution >= 0.6 is 11.3 Å². The molecule has 2 aromatic rings. The molecule has 7 heteroatoms. The van der Waals surface area contributed by atoms with Crippen LogP contribution in [0.3, 0.4) is 0 Å². The summed E-state index contributed by atoms with van der Waals surface area (Å²) in [5.74, 6) is -0.593. The normalized spacial score (nSPS) is 21.2. The van der Waals surface area contributed by atoms with E-state index in [0.29, 0.717) is 6.42 Å². The number of amides is 4. The van der Waals surface area contributed by atoms with E-state index in [4.69, 9.17) is 0 Å². The molecule has 1 atom stereocenters. The largest absolute Gasteiger partial charge is 0.325 e. The van der Waals surface area contributed by atoms with Crippen molar-refractivity contribution in [3.8, 4) is 0 Å². The van der Waals surface area contributed by atoms with E-state index in [1.807, 2.05) is 55.6 Å². The van der Waals surface area contributed by atoms with Crippen LogP contribution in [0.2, 0.25) is 0 Å². The summed E-state index contributed by atoms with van der Waals surface area (Å²) in [7, 11) is 0. The van der Waals surface area contributed by atoms with Gasteiger partial charge in [0.2, 0.25) is 5.91 Å². The SMILES string of the molecule is CC(C)N(C(=O)CN1C(=O)N[C@@]2(CCCc3sccc32)C1=O)c1ccccc1. The maximum atomic E-state index is 13.3. The quantitative estimate of drug-likeness (QED) is 0.805. The van der Waals surface area contributed by atoms with Gasteiger partial charge in [0.05, 0.1) is 0 Å². The topological polar surface area (TPSA) is 69.7 Å². The number of carbonyl (C=O) groups is 3. The molecular formula is C21H23N3O3S. The second kappa shape index (κ2) is 7.05.